The zero-order chi connectivity index (χ0) is 12.4. The van der Waals surface area contributed by atoms with Gasteiger partial charge in [0.2, 0.25) is 5.13 Å². The molecule has 1 aromatic rings. The number of carboxylic acids is 1. The quantitative estimate of drug-likeness (QED) is 0.889. The lowest BCUT2D eigenvalue weighted by Crippen LogP contribution is -2.42. The second-order valence-electron chi connectivity index (χ2n) is 4.63. The summed E-state index contributed by atoms with van der Waals surface area (Å²) >= 11 is 1.37. The van der Waals surface area contributed by atoms with E-state index in [1.54, 1.807) is 0 Å². The van der Waals surface area contributed by atoms with E-state index < -0.39 is 5.97 Å². The number of nitrogens with zero attached hydrogens (tertiary/aromatic N) is 3. The number of carboxylic acid groups (broad SMARTS) is 1. The largest absolute Gasteiger partial charge is 0.481 e. The van der Waals surface area contributed by atoms with Crippen molar-refractivity contribution < 1.29 is 9.90 Å². The first-order valence-corrected chi connectivity index (χ1v) is 6.67. The summed E-state index contributed by atoms with van der Waals surface area (Å²) in [6.07, 6.45) is 1.58. The number of carbonyl (C=O) groups is 1. The molecule has 0 amide bonds. The van der Waals surface area contributed by atoms with Crippen molar-refractivity contribution in [3.63, 3.8) is 0 Å². The molecule has 2 unspecified atom stereocenters. The van der Waals surface area contributed by atoms with Crippen molar-refractivity contribution in [3.8, 4) is 0 Å². The van der Waals surface area contributed by atoms with E-state index in [9.17, 15) is 4.79 Å². The van der Waals surface area contributed by atoms with Gasteiger partial charge in [-0.3, -0.25) is 4.79 Å². The van der Waals surface area contributed by atoms with Crippen molar-refractivity contribution in [2.75, 3.05) is 18.0 Å². The lowest BCUT2D eigenvalue weighted by Gasteiger charge is -2.34. The van der Waals surface area contributed by atoms with Crippen LogP contribution in [0.1, 0.15) is 26.1 Å². The van der Waals surface area contributed by atoms with Gasteiger partial charge in [-0.1, -0.05) is 13.8 Å². The molecule has 6 heteroatoms. The maximum absolute atomic E-state index is 11.1. The zero-order valence-electron chi connectivity index (χ0n) is 10.1. The van der Waals surface area contributed by atoms with Crippen molar-refractivity contribution in [2.45, 2.75) is 26.7 Å². The fraction of sp³-hybridized carbons (Fsp3) is 0.727. The Bertz CT molecular complexity index is 407. The van der Waals surface area contributed by atoms with Crippen LogP contribution < -0.4 is 4.90 Å². The van der Waals surface area contributed by atoms with E-state index in [2.05, 4.69) is 21.2 Å². The van der Waals surface area contributed by atoms with Crippen LogP contribution >= 0.6 is 11.5 Å². The summed E-state index contributed by atoms with van der Waals surface area (Å²) in [7, 11) is 0. The molecule has 1 aromatic heterocycles. The van der Waals surface area contributed by atoms with Gasteiger partial charge in [-0.15, -0.1) is 0 Å². The van der Waals surface area contributed by atoms with E-state index in [0.717, 1.165) is 30.3 Å². The van der Waals surface area contributed by atoms with E-state index in [-0.39, 0.29) is 5.92 Å². The molecule has 5 nitrogen and oxygen atoms in total. The molecule has 0 bridgehead atoms. The maximum Gasteiger partial charge on any atom is 0.308 e. The van der Waals surface area contributed by atoms with Gasteiger partial charge in [0.05, 0.1) is 5.92 Å². The van der Waals surface area contributed by atoms with Crippen LogP contribution in [0.25, 0.3) is 0 Å². The molecular weight excluding hydrogens is 238 g/mol. The Balaban J connectivity index is 2.12. The Morgan fingerprint density at radius 1 is 1.59 bits per heavy atom. The van der Waals surface area contributed by atoms with Crippen LogP contribution in [-0.4, -0.2) is 33.5 Å². The molecule has 1 fully saturated rings. The van der Waals surface area contributed by atoms with Crippen LogP contribution in [0.4, 0.5) is 5.13 Å². The minimum Gasteiger partial charge on any atom is -0.481 e. The van der Waals surface area contributed by atoms with Crippen LogP contribution in [-0.2, 0) is 11.2 Å². The molecule has 94 valence electrons. The van der Waals surface area contributed by atoms with Gasteiger partial charge in [0.25, 0.3) is 0 Å². The van der Waals surface area contributed by atoms with Gasteiger partial charge in [0.15, 0.2) is 0 Å². The monoisotopic (exact) mass is 255 g/mol. The molecular formula is C11H17N3O2S. The third-order valence-electron chi connectivity index (χ3n) is 3.05. The number of hydrogen-bond acceptors (Lipinski definition) is 5. The van der Waals surface area contributed by atoms with Gasteiger partial charge < -0.3 is 10.0 Å². The highest BCUT2D eigenvalue weighted by Gasteiger charge is 2.30. The standard InChI is InChI=1S/C11H17N3O2S/c1-3-9-12-11(17-13-9)14-5-7(2)4-8(6-14)10(15)16/h7-8H,3-6H2,1-2H3,(H,15,16). The van der Waals surface area contributed by atoms with Crippen molar-refractivity contribution in [3.05, 3.63) is 5.82 Å². The highest BCUT2D eigenvalue weighted by Crippen LogP contribution is 2.27. The number of hydrogen-bond donors (Lipinski definition) is 1. The smallest absolute Gasteiger partial charge is 0.308 e. The minimum atomic E-state index is -0.707. The predicted molar refractivity (Wildman–Crippen MR) is 66.4 cm³/mol. The van der Waals surface area contributed by atoms with Gasteiger partial charge in [-0.25, -0.2) is 4.98 Å². The summed E-state index contributed by atoms with van der Waals surface area (Å²) < 4.78 is 4.25. The van der Waals surface area contributed by atoms with E-state index in [1.807, 2.05) is 6.92 Å². The molecule has 1 saturated heterocycles. The van der Waals surface area contributed by atoms with E-state index in [1.165, 1.54) is 11.5 Å². The normalized spacial score (nSPS) is 24.9. The van der Waals surface area contributed by atoms with Gasteiger partial charge in [0.1, 0.15) is 5.82 Å². The van der Waals surface area contributed by atoms with Crippen LogP contribution in [0.5, 0.6) is 0 Å². The molecule has 0 aromatic carbocycles. The van der Waals surface area contributed by atoms with Crippen LogP contribution in [0.2, 0.25) is 0 Å². The van der Waals surface area contributed by atoms with Gasteiger partial charge >= 0.3 is 5.97 Å². The van der Waals surface area contributed by atoms with Crippen molar-refractivity contribution in [1.29, 1.82) is 0 Å². The third-order valence-corrected chi connectivity index (χ3v) is 3.87. The summed E-state index contributed by atoms with van der Waals surface area (Å²) in [5.74, 6) is 0.239. The zero-order valence-corrected chi connectivity index (χ0v) is 10.9. The summed E-state index contributed by atoms with van der Waals surface area (Å²) in [6, 6.07) is 0. The summed E-state index contributed by atoms with van der Waals surface area (Å²) in [6.45, 7) is 5.54. The van der Waals surface area contributed by atoms with Crippen LogP contribution in [0.15, 0.2) is 0 Å². The van der Waals surface area contributed by atoms with E-state index in [0.29, 0.717) is 12.5 Å². The molecule has 0 saturated carbocycles. The lowest BCUT2D eigenvalue weighted by molar-refractivity contribution is -0.142. The Hall–Kier alpha value is -1.17. The number of aromatic nitrogens is 2. The Morgan fingerprint density at radius 2 is 2.35 bits per heavy atom. The molecule has 2 atom stereocenters. The Morgan fingerprint density at radius 3 is 2.94 bits per heavy atom. The van der Waals surface area contributed by atoms with Crippen molar-refractivity contribution >= 4 is 22.6 Å². The summed E-state index contributed by atoms with van der Waals surface area (Å²) in [5, 5.41) is 9.97. The number of rotatable bonds is 3. The SMILES string of the molecule is CCc1nsc(N2CC(C)CC(C(=O)O)C2)n1. The molecule has 1 aliphatic heterocycles. The Labute approximate surface area is 105 Å². The minimum absolute atomic E-state index is 0.285. The van der Waals surface area contributed by atoms with Gasteiger partial charge in [-0.05, 0) is 12.3 Å². The van der Waals surface area contributed by atoms with Crippen molar-refractivity contribution in [2.24, 2.45) is 11.8 Å². The second-order valence-corrected chi connectivity index (χ2v) is 5.36. The topological polar surface area (TPSA) is 66.3 Å². The first kappa shape index (κ1) is 12.3. The number of anilines is 1. The van der Waals surface area contributed by atoms with E-state index >= 15 is 0 Å². The third kappa shape index (κ3) is 2.74. The fourth-order valence-electron chi connectivity index (χ4n) is 2.20. The van der Waals surface area contributed by atoms with Crippen molar-refractivity contribution in [1.82, 2.24) is 9.36 Å². The molecule has 2 heterocycles. The average Bonchev–Trinajstić information content (AvgIpc) is 2.76. The van der Waals surface area contributed by atoms with Gasteiger partial charge in [0, 0.05) is 31.0 Å². The highest BCUT2D eigenvalue weighted by atomic mass is 32.1. The van der Waals surface area contributed by atoms with E-state index in [4.69, 9.17) is 5.11 Å². The van der Waals surface area contributed by atoms with Gasteiger partial charge in [-0.2, -0.15) is 4.37 Å². The highest BCUT2D eigenvalue weighted by molar-refractivity contribution is 7.09. The van der Waals surface area contributed by atoms with Crippen LogP contribution in [0, 0.1) is 11.8 Å². The summed E-state index contributed by atoms with van der Waals surface area (Å²) in [5.41, 5.74) is 0. The fourth-order valence-corrected chi connectivity index (χ4v) is 2.97. The molecule has 0 radical (unpaired) electrons. The Kier molecular flexibility index (Phi) is 3.61. The average molecular weight is 255 g/mol. The molecule has 17 heavy (non-hydrogen) atoms. The molecule has 0 spiro atoms. The predicted octanol–water partition coefficient (Wildman–Crippen LogP) is 1.65. The number of aryl methyl sites for hydroxylation is 1. The number of aliphatic carboxylic acids is 1. The lowest BCUT2D eigenvalue weighted by atomic mass is 9.91. The van der Waals surface area contributed by atoms with Crippen LogP contribution in [0.3, 0.4) is 0 Å². The summed E-state index contributed by atoms with van der Waals surface area (Å²) in [4.78, 5) is 17.6. The molecule has 1 N–H and O–H groups in total. The molecule has 1 aliphatic rings. The second kappa shape index (κ2) is 5.00. The molecule has 0 aliphatic carbocycles. The first-order chi connectivity index (χ1) is 8.10. The number of piperidine rings is 1. The first-order valence-electron chi connectivity index (χ1n) is 5.90. The molecule has 2 rings (SSSR count). The maximum atomic E-state index is 11.1.